The standard InChI is InChI=1S/C14H17N3O4/c1-16-5-6-17(9-12(16)18)14(21)15-8-10-3-2-4-11(7-10)13(19)20/h2-4,7H,5-6,8-9H2,1H3,(H,15,21)(H,19,20). The summed E-state index contributed by atoms with van der Waals surface area (Å²) in [5.41, 5.74) is 0.875. The van der Waals surface area contributed by atoms with Crippen LogP contribution in [-0.4, -0.2) is 59.5 Å². The first-order chi connectivity index (χ1) is 9.97. The molecular formula is C14H17N3O4. The Morgan fingerprint density at radius 1 is 1.33 bits per heavy atom. The molecule has 0 aromatic heterocycles. The molecule has 1 fully saturated rings. The first-order valence-electron chi connectivity index (χ1n) is 6.56. The normalized spacial score (nSPS) is 15.0. The monoisotopic (exact) mass is 291 g/mol. The van der Waals surface area contributed by atoms with Gasteiger partial charge in [-0.25, -0.2) is 9.59 Å². The molecule has 0 unspecified atom stereocenters. The van der Waals surface area contributed by atoms with E-state index < -0.39 is 5.97 Å². The van der Waals surface area contributed by atoms with Crippen molar-refractivity contribution in [2.75, 3.05) is 26.7 Å². The molecule has 1 aromatic rings. The van der Waals surface area contributed by atoms with E-state index in [2.05, 4.69) is 5.32 Å². The van der Waals surface area contributed by atoms with Gasteiger partial charge in [0.05, 0.1) is 5.56 Å². The second kappa shape index (κ2) is 6.25. The molecule has 0 saturated carbocycles. The van der Waals surface area contributed by atoms with Gasteiger partial charge in [-0.05, 0) is 17.7 Å². The van der Waals surface area contributed by atoms with Gasteiger partial charge in [-0.15, -0.1) is 0 Å². The average molecular weight is 291 g/mol. The van der Waals surface area contributed by atoms with Gasteiger partial charge in [-0.2, -0.15) is 0 Å². The Morgan fingerprint density at radius 3 is 2.76 bits per heavy atom. The molecular weight excluding hydrogens is 274 g/mol. The molecule has 0 radical (unpaired) electrons. The third-order valence-corrected chi connectivity index (χ3v) is 3.36. The molecule has 1 aliphatic heterocycles. The fourth-order valence-electron chi connectivity index (χ4n) is 2.04. The van der Waals surface area contributed by atoms with Crippen molar-refractivity contribution in [1.82, 2.24) is 15.1 Å². The Bertz CT molecular complexity index is 573. The summed E-state index contributed by atoms with van der Waals surface area (Å²) >= 11 is 0. The number of benzene rings is 1. The Morgan fingerprint density at radius 2 is 2.10 bits per heavy atom. The van der Waals surface area contributed by atoms with E-state index in [0.717, 1.165) is 0 Å². The number of rotatable bonds is 3. The van der Waals surface area contributed by atoms with E-state index in [9.17, 15) is 14.4 Å². The maximum absolute atomic E-state index is 12.0. The molecule has 0 bridgehead atoms. The highest BCUT2D eigenvalue weighted by molar-refractivity contribution is 5.88. The highest BCUT2D eigenvalue weighted by Crippen LogP contribution is 2.06. The molecule has 0 atom stereocenters. The molecule has 1 aromatic carbocycles. The van der Waals surface area contributed by atoms with Gasteiger partial charge < -0.3 is 20.2 Å². The number of carbonyl (C=O) groups is 3. The lowest BCUT2D eigenvalue weighted by Gasteiger charge is -2.31. The number of hydrogen-bond donors (Lipinski definition) is 2. The molecule has 1 aliphatic rings. The fourth-order valence-corrected chi connectivity index (χ4v) is 2.04. The van der Waals surface area contributed by atoms with Crippen LogP contribution >= 0.6 is 0 Å². The van der Waals surface area contributed by atoms with E-state index in [0.29, 0.717) is 18.7 Å². The fraction of sp³-hybridized carbons (Fsp3) is 0.357. The molecule has 21 heavy (non-hydrogen) atoms. The van der Waals surface area contributed by atoms with E-state index in [4.69, 9.17) is 5.11 Å². The third kappa shape index (κ3) is 3.71. The lowest BCUT2D eigenvalue weighted by Crippen LogP contribution is -2.53. The van der Waals surface area contributed by atoms with E-state index in [1.807, 2.05) is 0 Å². The van der Waals surface area contributed by atoms with Gasteiger partial charge in [-0.3, -0.25) is 4.79 Å². The number of carbonyl (C=O) groups excluding carboxylic acids is 2. The number of nitrogens with zero attached hydrogens (tertiary/aromatic N) is 2. The number of nitrogens with one attached hydrogen (secondary N) is 1. The first-order valence-corrected chi connectivity index (χ1v) is 6.56. The second-order valence-corrected chi connectivity index (χ2v) is 4.90. The maximum atomic E-state index is 12.0. The summed E-state index contributed by atoms with van der Waals surface area (Å²) in [5, 5.41) is 11.6. The van der Waals surface area contributed by atoms with Crippen molar-refractivity contribution in [3.05, 3.63) is 35.4 Å². The minimum absolute atomic E-state index is 0.0670. The van der Waals surface area contributed by atoms with Gasteiger partial charge in [0, 0.05) is 26.7 Å². The molecule has 1 heterocycles. The van der Waals surface area contributed by atoms with Crippen molar-refractivity contribution in [2.24, 2.45) is 0 Å². The van der Waals surface area contributed by atoms with E-state index in [-0.39, 0.29) is 30.6 Å². The van der Waals surface area contributed by atoms with Crippen LogP contribution in [0.3, 0.4) is 0 Å². The smallest absolute Gasteiger partial charge is 0.335 e. The van der Waals surface area contributed by atoms with Crippen molar-refractivity contribution in [3.63, 3.8) is 0 Å². The lowest BCUT2D eigenvalue weighted by molar-refractivity contribution is -0.133. The Labute approximate surface area is 122 Å². The number of likely N-dealkylation sites (N-methyl/N-ethyl adjacent to an activating group) is 1. The van der Waals surface area contributed by atoms with Crippen LogP contribution in [-0.2, 0) is 11.3 Å². The van der Waals surface area contributed by atoms with E-state index in [1.165, 1.54) is 17.0 Å². The summed E-state index contributed by atoms with van der Waals surface area (Å²) in [4.78, 5) is 37.4. The minimum Gasteiger partial charge on any atom is -0.478 e. The highest BCUT2D eigenvalue weighted by Gasteiger charge is 2.24. The lowest BCUT2D eigenvalue weighted by atomic mass is 10.1. The molecule has 0 spiro atoms. The minimum atomic E-state index is -1.01. The van der Waals surface area contributed by atoms with Gasteiger partial charge >= 0.3 is 12.0 Å². The number of piperazine rings is 1. The summed E-state index contributed by atoms with van der Waals surface area (Å²) in [6.45, 7) is 1.29. The quantitative estimate of drug-likeness (QED) is 0.842. The summed E-state index contributed by atoms with van der Waals surface area (Å²) in [6.07, 6.45) is 0. The molecule has 2 N–H and O–H groups in total. The maximum Gasteiger partial charge on any atom is 0.335 e. The Balaban J connectivity index is 1.91. The zero-order valence-electron chi connectivity index (χ0n) is 11.7. The topological polar surface area (TPSA) is 89.9 Å². The number of carboxylic acids is 1. The van der Waals surface area contributed by atoms with Crippen molar-refractivity contribution >= 4 is 17.9 Å². The molecule has 0 aliphatic carbocycles. The van der Waals surface area contributed by atoms with Crippen LogP contribution in [0.2, 0.25) is 0 Å². The Kier molecular flexibility index (Phi) is 4.42. The second-order valence-electron chi connectivity index (χ2n) is 4.90. The number of amides is 3. The molecule has 1 saturated heterocycles. The van der Waals surface area contributed by atoms with Crippen LogP contribution in [0.25, 0.3) is 0 Å². The summed E-state index contributed by atoms with van der Waals surface area (Å²) in [5.74, 6) is -1.10. The van der Waals surface area contributed by atoms with Crippen LogP contribution in [0.15, 0.2) is 24.3 Å². The van der Waals surface area contributed by atoms with Crippen LogP contribution < -0.4 is 5.32 Å². The molecule has 7 nitrogen and oxygen atoms in total. The summed E-state index contributed by atoms with van der Waals surface area (Å²) in [7, 11) is 1.70. The average Bonchev–Trinajstić information content (AvgIpc) is 2.48. The van der Waals surface area contributed by atoms with Gasteiger partial charge in [0.25, 0.3) is 0 Å². The van der Waals surface area contributed by atoms with Crippen molar-refractivity contribution in [3.8, 4) is 0 Å². The zero-order valence-corrected chi connectivity index (χ0v) is 11.7. The van der Waals surface area contributed by atoms with Crippen molar-refractivity contribution in [1.29, 1.82) is 0 Å². The van der Waals surface area contributed by atoms with E-state index in [1.54, 1.807) is 24.1 Å². The molecule has 3 amide bonds. The van der Waals surface area contributed by atoms with Crippen LogP contribution in [0.5, 0.6) is 0 Å². The highest BCUT2D eigenvalue weighted by atomic mass is 16.4. The summed E-state index contributed by atoms with van der Waals surface area (Å²) in [6, 6.07) is 6.05. The van der Waals surface area contributed by atoms with E-state index >= 15 is 0 Å². The number of aromatic carboxylic acids is 1. The predicted octanol–water partition coefficient (Wildman–Crippen LogP) is 0.368. The van der Waals surface area contributed by atoms with Gasteiger partial charge in [0.15, 0.2) is 0 Å². The van der Waals surface area contributed by atoms with Crippen molar-refractivity contribution < 1.29 is 19.5 Å². The first kappa shape index (κ1) is 14.8. The van der Waals surface area contributed by atoms with Gasteiger partial charge in [-0.1, -0.05) is 12.1 Å². The van der Waals surface area contributed by atoms with Gasteiger partial charge in [0.1, 0.15) is 6.54 Å². The Hall–Kier alpha value is -2.57. The number of hydrogen-bond acceptors (Lipinski definition) is 3. The van der Waals surface area contributed by atoms with Crippen LogP contribution in [0.1, 0.15) is 15.9 Å². The molecule has 2 rings (SSSR count). The third-order valence-electron chi connectivity index (χ3n) is 3.36. The molecule has 112 valence electrons. The SMILES string of the molecule is CN1CCN(C(=O)NCc2cccc(C(=O)O)c2)CC1=O. The zero-order chi connectivity index (χ0) is 15.4. The number of urea groups is 1. The van der Waals surface area contributed by atoms with Crippen molar-refractivity contribution in [2.45, 2.75) is 6.54 Å². The molecule has 7 heteroatoms. The predicted molar refractivity (Wildman–Crippen MR) is 74.8 cm³/mol. The summed E-state index contributed by atoms with van der Waals surface area (Å²) < 4.78 is 0. The number of carboxylic acid groups (broad SMARTS) is 1. The van der Waals surface area contributed by atoms with Gasteiger partial charge in [0.2, 0.25) is 5.91 Å². The van der Waals surface area contributed by atoms with Crippen LogP contribution in [0.4, 0.5) is 4.79 Å². The van der Waals surface area contributed by atoms with Crippen LogP contribution in [0, 0.1) is 0 Å². The largest absolute Gasteiger partial charge is 0.478 e.